The van der Waals surface area contributed by atoms with Gasteiger partial charge in [-0.05, 0) is 17.7 Å². The molecule has 1 atom stereocenters. The molecule has 26 heavy (non-hydrogen) atoms. The molecule has 2 N–H and O–H groups in total. The zero-order valence-corrected chi connectivity index (χ0v) is 18.4. The zero-order valence-electron chi connectivity index (χ0n) is 14.5. The van der Waals surface area contributed by atoms with Gasteiger partial charge in [0.25, 0.3) is 0 Å². The van der Waals surface area contributed by atoms with E-state index in [1.54, 1.807) is 18.4 Å². The highest BCUT2D eigenvalue weighted by atomic mass is 127. The summed E-state index contributed by atoms with van der Waals surface area (Å²) in [5.74, 6) is 0.558. The summed E-state index contributed by atoms with van der Waals surface area (Å²) < 4.78 is 5.54. The molecule has 1 aromatic heterocycles. The molecule has 0 bridgehead atoms. The average Bonchev–Trinajstić information content (AvgIpc) is 3.17. The van der Waals surface area contributed by atoms with Crippen LogP contribution in [-0.4, -0.2) is 55.7 Å². The van der Waals surface area contributed by atoms with Crippen LogP contribution in [0.5, 0.6) is 0 Å². The SMILES string of the molecule is COC(CN=C(N)N1CCN(c2nccs2)CC1)c1cccc(Cl)c1.I. The number of halogens is 2. The van der Waals surface area contributed by atoms with Crippen LogP contribution in [0.15, 0.2) is 40.8 Å². The molecule has 0 aliphatic carbocycles. The van der Waals surface area contributed by atoms with Crippen LogP contribution in [-0.2, 0) is 4.74 Å². The fourth-order valence-corrected chi connectivity index (χ4v) is 3.69. The molecule has 1 aliphatic heterocycles. The van der Waals surface area contributed by atoms with E-state index in [-0.39, 0.29) is 30.1 Å². The second-order valence-corrected chi connectivity index (χ2v) is 7.08. The number of thiazole rings is 1. The molecule has 0 radical (unpaired) electrons. The van der Waals surface area contributed by atoms with Crippen molar-refractivity contribution in [3.05, 3.63) is 46.4 Å². The Labute approximate surface area is 180 Å². The van der Waals surface area contributed by atoms with Crippen LogP contribution in [0, 0.1) is 0 Å². The van der Waals surface area contributed by atoms with Crippen LogP contribution < -0.4 is 10.6 Å². The van der Waals surface area contributed by atoms with Crippen molar-refractivity contribution < 1.29 is 4.74 Å². The summed E-state index contributed by atoms with van der Waals surface area (Å²) >= 11 is 7.72. The van der Waals surface area contributed by atoms with Crippen LogP contribution in [0.3, 0.4) is 0 Å². The van der Waals surface area contributed by atoms with E-state index in [1.807, 2.05) is 35.8 Å². The first-order valence-electron chi connectivity index (χ1n) is 8.15. The Balaban J connectivity index is 0.00000243. The van der Waals surface area contributed by atoms with Gasteiger partial charge in [0, 0.05) is 49.9 Å². The standard InChI is InChI=1S/C17H22ClN5OS.HI/c1-24-15(13-3-2-4-14(18)11-13)12-21-16(19)22-6-8-23(9-7-22)17-20-5-10-25-17;/h2-5,10-11,15H,6-9,12H2,1H3,(H2,19,21);1H. The monoisotopic (exact) mass is 507 g/mol. The Bertz CT molecular complexity index is 707. The Kier molecular flexibility index (Phi) is 8.39. The topological polar surface area (TPSA) is 67.0 Å². The summed E-state index contributed by atoms with van der Waals surface area (Å²) in [5, 5.41) is 3.75. The molecular weight excluding hydrogens is 485 g/mol. The van der Waals surface area contributed by atoms with E-state index < -0.39 is 0 Å². The van der Waals surface area contributed by atoms with Crippen LogP contribution in [0.1, 0.15) is 11.7 Å². The van der Waals surface area contributed by atoms with Gasteiger partial charge < -0.3 is 20.3 Å². The van der Waals surface area contributed by atoms with Crippen LogP contribution in [0.2, 0.25) is 5.02 Å². The largest absolute Gasteiger partial charge is 0.375 e. The van der Waals surface area contributed by atoms with Crippen LogP contribution >= 0.6 is 46.9 Å². The fraction of sp³-hybridized carbons (Fsp3) is 0.412. The Hall–Kier alpha value is -1.10. The van der Waals surface area contributed by atoms with Crippen molar-refractivity contribution in [1.29, 1.82) is 0 Å². The van der Waals surface area contributed by atoms with E-state index in [0.717, 1.165) is 36.9 Å². The minimum Gasteiger partial charge on any atom is -0.375 e. The van der Waals surface area contributed by atoms with E-state index in [4.69, 9.17) is 22.1 Å². The van der Waals surface area contributed by atoms with E-state index in [1.165, 1.54) is 0 Å². The van der Waals surface area contributed by atoms with Crippen molar-refractivity contribution in [3.63, 3.8) is 0 Å². The van der Waals surface area contributed by atoms with Gasteiger partial charge in [-0.3, -0.25) is 4.99 Å². The van der Waals surface area contributed by atoms with E-state index in [9.17, 15) is 0 Å². The maximum atomic E-state index is 6.19. The first-order chi connectivity index (χ1) is 12.2. The zero-order chi connectivity index (χ0) is 17.6. The molecule has 3 rings (SSSR count). The maximum Gasteiger partial charge on any atom is 0.191 e. The van der Waals surface area contributed by atoms with E-state index >= 15 is 0 Å². The number of hydrogen-bond acceptors (Lipinski definition) is 5. The quantitative estimate of drug-likeness (QED) is 0.382. The number of aromatic nitrogens is 1. The number of nitrogens with two attached hydrogens (primary N) is 1. The first-order valence-corrected chi connectivity index (χ1v) is 9.40. The number of nitrogens with zero attached hydrogens (tertiary/aromatic N) is 4. The second-order valence-electron chi connectivity index (χ2n) is 5.77. The molecular formula is C17H23ClIN5OS. The normalized spacial score (nSPS) is 16.3. The second kappa shape index (κ2) is 10.3. The number of methoxy groups -OCH3 is 1. The van der Waals surface area contributed by atoms with Gasteiger partial charge in [-0.25, -0.2) is 4.98 Å². The van der Waals surface area contributed by atoms with Crippen molar-refractivity contribution in [2.75, 3.05) is 44.7 Å². The van der Waals surface area contributed by atoms with Crippen molar-refractivity contribution in [3.8, 4) is 0 Å². The van der Waals surface area contributed by atoms with Gasteiger partial charge in [-0.15, -0.1) is 35.3 Å². The van der Waals surface area contributed by atoms with Gasteiger partial charge in [0.05, 0.1) is 6.54 Å². The van der Waals surface area contributed by atoms with Gasteiger partial charge in [-0.2, -0.15) is 0 Å². The Morgan fingerprint density at radius 2 is 2.15 bits per heavy atom. The third-order valence-corrected chi connectivity index (χ3v) is 5.28. The van der Waals surface area contributed by atoms with Crippen molar-refractivity contribution in [2.45, 2.75) is 6.10 Å². The van der Waals surface area contributed by atoms with Gasteiger partial charge in [-0.1, -0.05) is 23.7 Å². The van der Waals surface area contributed by atoms with Gasteiger partial charge in [0.1, 0.15) is 6.10 Å². The van der Waals surface area contributed by atoms with E-state index in [2.05, 4.69) is 19.8 Å². The van der Waals surface area contributed by atoms with Crippen LogP contribution in [0.4, 0.5) is 5.13 Å². The molecule has 2 heterocycles. The number of ether oxygens (including phenoxy) is 1. The van der Waals surface area contributed by atoms with Gasteiger partial charge in [0.2, 0.25) is 0 Å². The van der Waals surface area contributed by atoms with Gasteiger partial charge >= 0.3 is 0 Å². The highest BCUT2D eigenvalue weighted by Crippen LogP contribution is 2.21. The van der Waals surface area contributed by atoms with Crippen LogP contribution in [0.25, 0.3) is 0 Å². The molecule has 1 saturated heterocycles. The summed E-state index contributed by atoms with van der Waals surface area (Å²) in [6.45, 7) is 3.93. The third kappa shape index (κ3) is 5.45. The smallest absolute Gasteiger partial charge is 0.191 e. The number of benzene rings is 1. The maximum absolute atomic E-state index is 6.19. The van der Waals surface area contributed by atoms with E-state index in [0.29, 0.717) is 17.5 Å². The minimum absolute atomic E-state index is 0. The fourth-order valence-electron chi connectivity index (χ4n) is 2.80. The molecule has 0 amide bonds. The third-order valence-electron chi connectivity index (χ3n) is 4.22. The number of hydrogen-bond donors (Lipinski definition) is 1. The number of guanidine groups is 1. The Morgan fingerprint density at radius 1 is 1.38 bits per heavy atom. The lowest BCUT2D eigenvalue weighted by molar-refractivity contribution is 0.110. The molecule has 2 aromatic rings. The molecule has 0 saturated carbocycles. The number of piperazine rings is 1. The predicted molar refractivity (Wildman–Crippen MR) is 119 cm³/mol. The lowest BCUT2D eigenvalue weighted by Crippen LogP contribution is -2.51. The van der Waals surface area contributed by atoms with Crippen molar-refractivity contribution in [2.24, 2.45) is 10.7 Å². The Morgan fingerprint density at radius 3 is 2.77 bits per heavy atom. The average molecular weight is 508 g/mol. The molecule has 1 aromatic carbocycles. The van der Waals surface area contributed by atoms with Crippen molar-refractivity contribution in [1.82, 2.24) is 9.88 Å². The number of anilines is 1. The molecule has 9 heteroatoms. The molecule has 1 aliphatic rings. The lowest BCUT2D eigenvalue weighted by Gasteiger charge is -2.35. The summed E-state index contributed by atoms with van der Waals surface area (Å²) in [6.07, 6.45) is 1.68. The molecule has 0 spiro atoms. The predicted octanol–water partition coefficient (Wildman–Crippen LogP) is 3.24. The first kappa shape index (κ1) is 21.2. The minimum atomic E-state index is -0.158. The molecule has 1 fully saturated rings. The lowest BCUT2D eigenvalue weighted by atomic mass is 10.1. The molecule has 6 nitrogen and oxygen atoms in total. The summed E-state index contributed by atoms with van der Waals surface area (Å²) in [4.78, 5) is 13.3. The molecule has 142 valence electrons. The highest BCUT2D eigenvalue weighted by Gasteiger charge is 2.20. The summed E-state index contributed by atoms with van der Waals surface area (Å²) in [7, 11) is 1.67. The summed E-state index contributed by atoms with van der Waals surface area (Å²) in [6, 6.07) is 7.64. The number of aliphatic imine (C=N–C) groups is 1. The number of rotatable bonds is 5. The summed E-state index contributed by atoms with van der Waals surface area (Å²) in [5.41, 5.74) is 7.19. The van der Waals surface area contributed by atoms with Crippen molar-refractivity contribution >= 4 is 58.0 Å². The molecule has 1 unspecified atom stereocenters. The van der Waals surface area contributed by atoms with Gasteiger partial charge in [0.15, 0.2) is 11.1 Å². The highest BCUT2D eigenvalue weighted by molar-refractivity contribution is 14.0.